The van der Waals surface area contributed by atoms with Gasteiger partial charge in [0, 0.05) is 11.1 Å². The Morgan fingerprint density at radius 1 is 0.414 bits per heavy atom. The lowest BCUT2D eigenvalue weighted by Gasteiger charge is -2.11. The maximum Gasteiger partial charge on any atom is 0.417 e. The molecule has 0 unspecified atom stereocenters. The van der Waals surface area contributed by atoms with Crippen LogP contribution < -0.4 is 4.74 Å². The Kier molecular flexibility index (Phi) is 20.6. The van der Waals surface area contributed by atoms with E-state index in [1.165, 1.54) is 71.8 Å². The van der Waals surface area contributed by atoms with Gasteiger partial charge in [0.15, 0.2) is 0 Å². The molecule has 0 amide bonds. The Morgan fingerprint density at radius 2 is 0.845 bits per heavy atom. The lowest BCUT2D eigenvalue weighted by Crippen LogP contribution is -2.11. The van der Waals surface area contributed by atoms with Gasteiger partial charge in [-0.25, -0.2) is 0 Å². The Hall–Kier alpha value is -6.07. The SMILES string of the molecule is CON=C(C)c1ccc(C(F)(F)F)cc1.CON=C(C)c1cccc(C(F)(F)F)c1.CON=C(C)c1cccc(OC)c1.CON=C(C)c1ccccc1C(F)(F)F. The van der Waals surface area contributed by atoms with Crippen molar-refractivity contribution in [1.82, 2.24) is 0 Å². The first-order chi connectivity index (χ1) is 27.1. The Balaban J connectivity index is 0.000000387. The number of hydrogen-bond acceptors (Lipinski definition) is 9. The zero-order chi connectivity index (χ0) is 44.1. The summed E-state index contributed by atoms with van der Waals surface area (Å²) in [5, 5.41) is 14.5. The first kappa shape index (κ1) is 49.9. The van der Waals surface area contributed by atoms with Gasteiger partial charge < -0.3 is 24.1 Å². The third-order valence-electron chi connectivity index (χ3n) is 7.26. The van der Waals surface area contributed by atoms with Crippen LogP contribution in [-0.2, 0) is 37.9 Å². The Morgan fingerprint density at radius 3 is 1.29 bits per heavy atom. The molecular formula is C40H43F9N4O5. The highest BCUT2D eigenvalue weighted by atomic mass is 19.4. The lowest BCUT2D eigenvalue weighted by molar-refractivity contribution is -0.138. The molecule has 0 atom stereocenters. The number of hydrogen-bond donors (Lipinski definition) is 0. The zero-order valence-corrected chi connectivity index (χ0v) is 33.0. The molecule has 0 bridgehead atoms. The van der Waals surface area contributed by atoms with E-state index in [1.807, 2.05) is 31.2 Å². The maximum atomic E-state index is 12.6. The molecule has 0 aliphatic heterocycles. The van der Waals surface area contributed by atoms with Crippen LogP contribution in [0.25, 0.3) is 0 Å². The smallest absolute Gasteiger partial charge is 0.417 e. The number of alkyl halides is 9. The second-order valence-corrected chi connectivity index (χ2v) is 11.4. The van der Waals surface area contributed by atoms with Crippen LogP contribution in [0, 0.1) is 0 Å². The van der Waals surface area contributed by atoms with Crippen LogP contribution in [0.5, 0.6) is 5.75 Å². The van der Waals surface area contributed by atoms with Gasteiger partial charge in [-0.15, -0.1) is 0 Å². The predicted octanol–water partition coefficient (Wildman–Crippen LogP) is 11.3. The van der Waals surface area contributed by atoms with Crippen molar-refractivity contribution in [2.75, 3.05) is 35.5 Å². The molecule has 0 aliphatic rings. The van der Waals surface area contributed by atoms with Crippen LogP contribution in [0.4, 0.5) is 39.5 Å². The van der Waals surface area contributed by atoms with Gasteiger partial charge in [0.05, 0.1) is 46.6 Å². The van der Waals surface area contributed by atoms with Crippen molar-refractivity contribution in [3.8, 4) is 5.75 Å². The van der Waals surface area contributed by atoms with Crippen LogP contribution >= 0.6 is 0 Å². The number of nitrogens with zero attached hydrogens (tertiary/aromatic N) is 4. The van der Waals surface area contributed by atoms with E-state index in [2.05, 4.69) is 40.0 Å². The third kappa shape index (κ3) is 17.4. The molecule has 4 rings (SSSR count). The molecule has 0 saturated carbocycles. The Bertz CT molecular complexity index is 1980. The number of benzene rings is 4. The van der Waals surface area contributed by atoms with Gasteiger partial charge in [-0.05, 0) is 81.3 Å². The molecule has 0 aliphatic carbocycles. The van der Waals surface area contributed by atoms with E-state index >= 15 is 0 Å². The summed E-state index contributed by atoms with van der Waals surface area (Å²) in [7, 11) is 7.19. The third-order valence-corrected chi connectivity index (χ3v) is 7.26. The van der Waals surface area contributed by atoms with Crippen molar-refractivity contribution in [2.45, 2.75) is 46.2 Å². The van der Waals surface area contributed by atoms with Crippen molar-refractivity contribution >= 4 is 22.8 Å². The second kappa shape index (κ2) is 23.9. The van der Waals surface area contributed by atoms with Crippen LogP contribution in [0.15, 0.2) is 118 Å². The van der Waals surface area contributed by atoms with Crippen LogP contribution in [0.3, 0.4) is 0 Å². The van der Waals surface area contributed by atoms with Gasteiger partial charge in [0.1, 0.15) is 34.2 Å². The summed E-state index contributed by atoms with van der Waals surface area (Å²) >= 11 is 0. The van der Waals surface area contributed by atoms with Gasteiger partial charge in [-0.1, -0.05) is 75.2 Å². The number of oxime groups is 4. The summed E-state index contributed by atoms with van der Waals surface area (Å²) in [6.07, 6.45) is -13.0. The summed E-state index contributed by atoms with van der Waals surface area (Å²) < 4.78 is 116. The van der Waals surface area contributed by atoms with E-state index in [9.17, 15) is 39.5 Å². The van der Waals surface area contributed by atoms with E-state index in [0.717, 1.165) is 47.4 Å². The molecule has 0 heterocycles. The molecule has 316 valence electrons. The Labute approximate surface area is 330 Å². The summed E-state index contributed by atoms with van der Waals surface area (Å²) in [6.45, 7) is 6.59. The van der Waals surface area contributed by atoms with Crippen molar-refractivity contribution < 1.29 is 63.6 Å². The van der Waals surface area contributed by atoms with E-state index in [-0.39, 0.29) is 11.3 Å². The minimum atomic E-state index is -4.37. The molecule has 0 saturated heterocycles. The summed E-state index contributed by atoms with van der Waals surface area (Å²) in [5.41, 5.74) is 1.94. The van der Waals surface area contributed by atoms with E-state index in [0.29, 0.717) is 22.6 Å². The van der Waals surface area contributed by atoms with Crippen molar-refractivity contribution in [3.05, 3.63) is 136 Å². The number of ether oxygens (including phenoxy) is 1. The molecule has 0 fully saturated rings. The van der Waals surface area contributed by atoms with Crippen molar-refractivity contribution in [1.29, 1.82) is 0 Å². The highest BCUT2D eigenvalue weighted by Gasteiger charge is 2.34. The minimum Gasteiger partial charge on any atom is -0.497 e. The average Bonchev–Trinajstić information content (AvgIpc) is 3.18. The molecule has 4 aromatic rings. The van der Waals surface area contributed by atoms with Crippen molar-refractivity contribution in [2.24, 2.45) is 20.6 Å². The summed E-state index contributed by atoms with van der Waals surface area (Å²) in [4.78, 5) is 18.1. The van der Waals surface area contributed by atoms with Crippen LogP contribution in [0.1, 0.15) is 66.6 Å². The average molecular weight is 831 g/mol. The molecule has 4 aromatic carbocycles. The second-order valence-electron chi connectivity index (χ2n) is 11.4. The van der Waals surface area contributed by atoms with E-state index in [4.69, 9.17) is 4.74 Å². The lowest BCUT2D eigenvalue weighted by atomic mass is 10.0. The first-order valence-electron chi connectivity index (χ1n) is 16.6. The predicted molar refractivity (Wildman–Crippen MR) is 204 cm³/mol. The number of methoxy groups -OCH3 is 1. The molecule has 9 nitrogen and oxygen atoms in total. The van der Waals surface area contributed by atoms with Gasteiger partial charge in [-0.3, -0.25) is 0 Å². The maximum absolute atomic E-state index is 12.6. The van der Waals surface area contributed by atoms with E-state index < -0.39 is 35.2 Å². The molecule has 0 N–H and O–H groups in total. The molecule has 18 heteroatoms. The molecule has 0 aromatic heterocycles. The summed E-state index contributed by atoms with van der Waals surface area (Å²) in [6, 6.07) is 22.6. The first-order valence-corrected chi connectivity index (χ1v) is 16.6. The molecule has 58 heavy (non-hydrogen) atoms. The fraction of sp³-hybridized carbons (Fsp3) is 0.300. The quantitative estimate of drug-likeness (QED) is 0.0951. The monoisotopic (exact) mass is 830 g/mol. The minimum absolute atomic E-state index is 0.0341. The fourth-order valence-corrected chi connectivity index (χ4v) is 4.47. The van der Waals surface area contributed by atoms with E-state index in [1.54, 1.807) is 27.0 Å². The zero-order valence-electron chi connectivity index (χ0n) is 33.0. The number of rotatable bonds is 9. The molecule has 0 radical (unpaired) electrons. The standard InChI is InChI=1S/3C10H10F3NO.C10H13NO2/c1-7(14-15-2)8-3-5-9(6-4-8)10(11,12)13;1-7(14-15-2)8-4-3-5-9(6-8)10(11,12)13;1-7(14-15-2)8-5-3-4-6-9(8)10(11,12)13;1-8(11-13-3)9-5-4-6-10(7-9)12-2/h3*3-6H,1-2H3;4-7H,1-3H3. The normalized spacial score (nSPS) is 12.4. The van der Waals surface area contributed by atoms with Gasteiger partial charge in [-0.2, -0.15) is 39.5 Å². The van der Waals surface area contributed by atoms with Gasteiger partial charge >= 0.3 is 18.5 Å². The van der Waals surface area contributed by atoms with Crippen LogP contribution in [-0.4, -0.2) is 58.4 Å². The fourth-order valence-electron chi connectivity index (χ4n) is 4.47. The molecule has 0 spiro atoms. The summed E-state index contributed by atoms with van der Waals surface area (Å²) in [5.74, 6) is 0.822. The van der Waals surface area contributed by atoms with Gasteiger partial charge in [0.25, 0.3) is 0 Å². The largest absolute Gasteiger partial charge is 0.497 e. The molecular weight excluding hydrogens is 787 g/mol. The van der Waals surface area contributed by atoms with Crippen LogP contribution in [0.2, 0.25) is 0 Å². The highest BCUT2D eigenvalue weighted by Crippen LogP contribution is 2.32. The highest BCUT2D eigenvalue weighted by molar-refractivity contribution is 6.00. The van der Waals surface area contributed by atoms with Gasteiger partial charge in [0.2, 0.25) is 0 Å². The number of halogens is 9. The topological polar surface area (TPSA) is 95.6 Å². The van der Waals surface area contributed by atoms with Crippen molar-refractivity contribution in [3.63, 3.8) is 0 Å².